The first-order chi connectivity index (χ1) is 10.4. The maximum absolute atomic E-state index is 13.1. The van der Waals surface area contributed by atoms with Crippen LogP contribution in [0, 0.1) is 17.0 Å². The molecule has 23 heavy (non-hydrogen) atoms. The lowest BCUT2D eigenvalue weighted by Crippen LogP contribution is -2.45. The van der Waals surface area contributed by atoms with E-state index in [1.807, 2.05) is 0 Å². The first-order valence-electron chi connectivity index (χ1n) is 7.50. The Morgan fingerprint density at radius 1 is 1.35 bits per heavy atom. The van der Waals surface area contributed by atoms with Crippen molar-refractivity contribution in [1.82, 2.24) is 10.6 Å². The van der Waals surface area contributed by atoms with E-state index in [9.17, 15) is 13.6 Å². The zero-order valence-corrected chi connectivity index (χ0v) is 14.1. The highest BCUT2D eigenvalue weighted by atomic mass is 35.5. The van der Waals surface area contributed by atoms with Gasteiger partial charge in [-0.05, 0) is 50.4 Å². The Hall–Kier alpha value is -1.40. The maximum Gasteiger partial charge on any atom is 0.260 e. The molecule has 0 aromatic heterocycles. The number of ether oxygens (including phenoxy) is 1. The molecule has 1 saturated heterocycles. The van der Waals surface area contributed by atoms with Crippen LogP contribution in [0.5, 0.6) is 5.75 Å². The van der Waals surface area contributed by atoms with Gasteiger partial charge in [-0.25, -0.2) is 8.78 Å². The zero-order chi connectivity index (χ0) is 16.2. The topological polar surface area (TPSA) is 50.4 Å². The van der Waals surface area contributed by atoms with Crippen molar-refractivity contribution in [3.05, 3.63) is 29.8 Å². The van der Waals surface area contributed by atoms with Gasteiger partial charge in [-0.2, -0.15) is 0 Å². The Morgan fingerprint density at radius 3 is 2.61 bits per heavy atom. The van der Waals surface area contributed by atoms with Crippen LogP contribution in [-0.4, -0.2) is 31.6 Å². The predicted octanol–water partition coefficient (Wildman–Crippen LogP) is 2.66. The molecule has 0 radical (unpaired) electrons. The summed E-state index contributed by atoms with van der Waals surface area (Å²) >= 11 is 0. The summed E-state index contributed by atoms with van der Waals surface area (Å²) in [5.74, 6) is -2.06. The van der Waals surface area contributed by atoms with Gasteiger partial charge >= 0.3 is 0 Å². The van der Waals surface area contributed by atoms with Gasteiger partial charge in [0.05, 0.1) is 0 Å². The lowest BCUT2D eigenvalue weighted by atomic mass is 9.81. The normalized spacial score (nSPS) is 17.7. The number of rotatable bonds is 5. The second-order valence-electron chi connectivity index (χ2n) is 6.11. The van der Waals surface area contributed by atoms with Crippen molar-refractivity contribution in [3.8, 4) is 5.75 Å². The van der Waals surface area contributed by atoms with E-state index in [0.717, 1.165) is 38.1 Å². The summed E-state index contributed by atoms with van der Waals surface area (Å²) in [5, 5.41) is 6.17. The molecule has 1 amide bonds. The zero-order valence-electron chi connectivity index (χ0n) is 13.3. The number of halogens is 3. The molecule has 4 nitrogen and oxygen atoms in total. The molecule has 1 atom stereocenters. The van der Waals surface area contributed by atoms with E-state index < -0.39 is 17.7 Å². The third-order valence-electron chi connectivity index (χ3n) is 4.07. The van der Waals surface area contributed by atoms with Gasteiger partial charge in [0.2, 0.25) is 0 Å². The van der Waals surface area contributed by atoms with E-state index in [1.54, 1.807) is 6.92 Å². The summed E-state index contributed by atoms with van der Waals surface area (Å²) in [5.41, 5.74) is 0.0859. The Balaban J connectivity index is 0.00000264. The highest BCUT2D eigenvalue weighted by Crippen LogP contribution is 2.26. The van der Waals surface area contributed by atoms with Crippen LogP contribution < -0.4 is 15.4 Å². The summed E-state index contributed by atoms with van der Waals surface area (Å²) in [6.07, 6.45) is 1.24. The Bertz CT molecular complexity index is 537. The number of carbonyl (C=O) groups is 1. The summed E-state index contributed by atoms with van der Waals surface area (Å²) in [7, 11) is 0. The summed E-state index contributed by atoms with van der Waals surface area (Å²) in [6, 6.07) is 3.22. The number of piperidine rings is 1. The smallest absolute Gasteiger partial charge is 0.260 e. The molecule has 7 heteroatoms. The van der Waals surface area contributed by atoms with Gasteiger partial charge in [0, 0.05) is 12.6 Å². The van der Waals surface area contributed by atoms with E-state index >= 15 is 0 Å². The molecular formula is C16H23ClF2N2O2. The first kappa shape index (κ1) is 19.6. The molecule has 1 aliphatic rings. The Labute approximate surface area is 141 Å². The predicted molar refractivity (Wildman–Crippen MR) is 86.9 cm³/mol. The summed E-state index contributed by atoms with van der Waals surface area (Å²) in [6.45, 7) is 6.22. The Morgan fingerprint density at radius 2 is 2.00 bits per heavy atom. The molecule has 0 saturated carbocycles. The highest BCUT2D eigenvalue weighted by molar-refractivity contribution is 5.85. The van der Waals surface area contributed by atoms with Gasteiger partial charge in [-0.3, -0.25) is 4.79 Å². The van der Waals surface area contributed by atoms with Crippen molar-refractivity contribution in [2.45, 2.75) is 32.8 Å². The number of carbonyl (C=O) groups excluding carboxylic acids is 1. The molecule has 2 rings (SSSR count). The van der Waals surface area contributed by atoms with Crippen molar-refractivity contribution in [1.29, 1.82) is 0 Å². The molecule has 1 unspecified atom stereocenters. The molecule has 2 N–H and O–H groups in total. The number of hydrogen-bond acceptors (Lipinski definition) is 3. The molecular weight excluding hydrogens is 326 g/mol. The van der Waals surface area contributed by atoms with Crippen molar-refractivity contribution in [2.75, 3.05) is 19.6 Å². The number of hydrogen-bond donors (Lipinski definition) is 2. The van der Waals surface area contributed by atoms with Crippen molar-refractivity contribution < 1.29 is 18.3 Å². The average Bonchev–Trinajstić information content (AvgIpc) is 2.49. The van der Waals surface area contributed by atoms with Gasteiger partial charge in [-0.1, -0.05) is 6.92 Å². The molecule has 130 valence electrons. The van der Waals surface area contributed by atoms with Gasteiger partial charge in [-0.15, -0.1) is 12.4 Å². The molecule has 1 aromatic carbocycles. The van der Waals surface area contributed by atoms with Crippen LogP contribution in [0.2, 0.25) is 0 Å². The molecule has 1 fully saturated rings. The highest BCUT2D eigenvalue weighted by Gasteiger charge is 2.28. The van der Waals surface area contributed by atoms with E-state index in [-0.39, 0.29) is 29.5 Å². The largest absolute Gasteiger partial charge is 0.481 e. The van der Waals surface area contributed by atoms with Crippen LogP contribution in [0.1, 0.15) is 26.7 Å². The fraction of sp³-hybridized carbons (Fsp3) is 0.562. The minimum atomic E-state index is -0.993. The summed E-state index contributed by atoms with van der Waals surface area (Å²) in [4.78, 5) is 12.1. The second-order valence-corrected chi connectivity index (χ2v) is 6.11. The maximum atomic E-state index is 13.1. The average molecular weight is 349 g/mol. The lowest BCUT2D eigenvalue weighted by Gasteiger charge is -2.34. The first-order valence-corrected chi connectivity index (χ1v) is 7.50. The van der Waals surface area contributed by atoms with Crippen LogP contribution in [0.25, 0.3) is 0 Å². The van der Waals surface area contributed by atoms with Gasteiger partial charge in [0.15, 0.2) is 17.7 Å². The fourth-order valence-electron chi connectivity index (χ4n) is 2.46. The van der Waals surface area contributed by atoms with Crippen LogP contribution in [-0.2, 0) is 4.79 Å². The van der Waals surface area contributed by atoms with Crippen molar-refractivity contribution in [3.63, 3.8) is 0 Å². The molecule has 0 bridgehead atoms. The SMILES string of the molecule is CC(Oc1ccc(F)c(F)c1)C(=O)NCC1(C)CCNCC1.Cl. The standard InChI is InChI=1S/C16H22F2N2O2.ClH/c1-11(22-12-3-4-13(17)14(18)9-12)15(21)20-10-16(2)5-7-19-8-6-16;/h3-4,9,11,19H,5-8,10H2,1-2H3,(H,20,21);1H. The van der Waals surface area contributed by atoms with Gasteiger partial charge < -0.3 is 15.4 Å². The van der Waals surface area contributed by atoms with Gasteiger partial charge in [0.1, 0.15) is 5.75 Å². The summed E-state index contributed by atoms with van der Waals surface area (Å²) < 4.78 is 31.3. The quantitative estimate of drug-likeness (QED) is 0.860. The number of benzene rings is 1. The van der Waals surface area contributed by atoms with Crippen LogP contribution in [0.4, 0.5) is 8.78 Å². The monoisotopic (exact) mass is 348 g/mol. The van der Waals surface area contributed by atoms with E-state index in [4.69, 9.17) is 4.74 Å². The fourth-order valence-corrected chi connectivity index (χ4v) is 2.46. The Kier molecular flexibility index (Phi) is 7.22. The third kappa shape index (κ3) is 5.62. The van der Waals surface area contributed by atoms with Crippen molar-refractivity contribution >= 4 is 18.3 Å². The molecule has 1 aliphatic heterocycles. The van der Waals surface area contributed by atoms with E-state index in [2.05, 4.69) is 17.6 Å². The number of nitrogens with one attached hydrogen (secondary N) is 2. The van der Waals surface area contributed by atoms with E-state index in [0.29, 0.717) is 6.54 Å². The number of amides is 1. The van der Waals surface area contributed by atoms with Gasteiger partial charge in [0.25, 0.3) is 5.91 Å². The van der Waals surface area contributed by atoms with Crippen LogP contribution in [0.15, 0.2) is 18.2 Å². The molecule has 0 aliphatic carbocycles. The lowest BCUT2D eigenvalue weighted by molar-refractivity contribution is -0.127. The minimum absolute atomic E-state index is 0. The second kappa shape index (κ2) is 8.45. The minimum Gasteiger partial charge on any atom is -0.481 e. The molecule has 0 spiro atoms. The van der Waals surface area contributed by atoms with Crippen LogP contribution >= 0.6 is 12.4 Å². The molecule has 1 aromatic rings. The van der Waals surface area contributed by atoms with Crippen molar-refractivity contribution in [2.24, 2.45) is 5.41 Å². The van der Waals surface area contributed by atoms with E-state index in [1.165, 1.54) is 6.07 Å². The third-order valence-corrected chi connectivity index (χ3v) is 4.07. The van der Waals surface area contributed by atoms with Crippen LogP contribution in [0.3, 0.4) is 0 Å². The molecule has 1 heterocycles.